The van der Waals surface area contributed by atoms with E-state index in [0.29, 0.717) is 11.3 Å². The first-order valence-corrected chi connectivity index (χ1v) is 3.30. The van der Waals surface area contributed by atoms with Crippen LogP contribution < -0.4 is 0 Å². The third-order valence-corrected chi connectivity index (χ3v) is 2.24. The minimum Gasteiger partial charge on any atom is -0.342 e. The second-order valence-corrected chi connectivity index (χ2v) is 3.30. The second kappa shape index (κ2) is 3.59. The fourth-order valence-electron chi connectivity index (χ4n) is 1.20. The quantitative estimate of drug-likeness (QED) is 0.366. The van der Waals surface area contributed by atoms with Gasteiger partial charge in [-0.05, 0) is 0 Å². The first-order chi connectivity index (χ1) is 3.63. The molecule has 0 aromatic heterocycles. The Hall–Kier alpha value is 1.26. The van der Waals surface area contributed by atoms with Crippen LogP contribution in [-0.2, 0) is 0 Å². The van der Waals surface area contributed by atoms with Crippen LogP contribution in [0, 0.1) is 24.7 Å². The summed E-state index contributed by atoms with van der Waals surface area (Å²) in [6, 6.07) is 0. The number of rotatable bonds is 0. The molecular weight excluding hydrogens is 136 g/mol. The Morgan fingerprint density at radius 3 is 2.22 bits per heavy atom. The van der Waals surface area contributed by atoms with Crippen molar-refractivity contribution in [2.75, 3.05) is 0 Å². The van der Waals surface area contributed by atoms with Gasteiger partial charge in [0.15, 0.2) is 0 Å². The fraction of sp³-hybridized carbons (Fsp3) is 0.750. The summed E-state index contributed by atoms with van der Waals surface area (Å²) in [5.41, 5.74) is 0.417. The van der Waals surface area contributed by atoms with Crippen molar-refractivity contribution in [1.82, 2.24) is 0 Å². The Kier molecular flexibility index (Phi) is 4.10. The smallest absolute Gasteiger partial charge is 0.342 e. The maximum Gasteiger partial charge on any atom is 2.00 e. The second-order valence-electron chi connectivity index (χ2n) is 3.30. The molecule has 1 fully saturated rings. The first kappa shape index (κ1) is 10.3. The zero-order chi connectivity index (χ0) is 6.20. The Balaban J connectivity index is 0.000000640. The largest absolute Gasteiger partial charge is 2.00 e. The van der Waals surface area contributed by atoms with Gasteiger partial charge in [0.2, 0.25) is 0 Å². The van der Waals surface area contributed by atoms with Gasteiger partial charge in [0.05, 0.1) is 0 Å². The standard InChI is InChI=1S/C8H14.Ca/c1-7-5-4-6-8(7,2)3;/h6-7H,1,4-5H2,2-3H3;/q-2;+2. The van der Waals surface area contributed by atoms with E-state index in [2.05, 4.69) is 27.2 Å². The van der Waals surface area contributed by atoms with Gasteiger partial charge in [0, 0.05) is 0 Å². The van der Waals surface area contributed by atoms with Crippen molar-refractivity contribution in [3.05, 3.63) is 13.3 Å². The van der Waals surface area contributed by atoms with Crippen LogP contribution in [0.25, 0.3) is 0 Å². The van der Waals surface area contributed by atoms with Gasteiger partial charge in [0.25, 0.3) is 0 Å². The van der Waals surface area contributed by atoms with Crippen LogP contribution in [0.1, 0.15) is 26.7 Å². The molecule has 1 unspecified atom stereocenters. The van der Waals surface area contributed by atoms with E-state index in [9.17, 15) is 0 Å². The van der Waals surface area contributed by atoms with E-state index in [0.717, 1.165) is 0 Å². The molecule has 1 atom stereocenters. The summed E-state index contributed by atoms with van der Waals surface area (Å²) >= 11 is 0. The molecule has 0 aromatic carbocycles. The van der Waals surface area contributed by atoms with Crippen molar-refractivity contribution in [1.29, 1.82) is 0 Å². The molecule has 0 amide bonds. The Labute approximate surface area is 88.4 Å². The van der Waals surface area contributed by atoms with Gasteiger partial charge in [-0.15, -0.1) is 6.42 Å². The summed E-state index contributed by atoms with van der Waals surface area (Å²) in [4.78, 5) is 0. The SMILES string of the molecule is [CH2-]C1CC[CH-]C1(C)C.[Ca+2]. The van der Waals surface area contributed by atoms with Crippen LogP contribution in [0.4, 0.5) is 0 Å². The van der Waals surface area contributed by atoms with E-state index >= 15 is 0 Å². The maximum absolute atomic E-state index is 4.06. The van der Waals surface area contributed by atoms with E-state index in [1.54, 1.807) is 0 Å². The topological polar surface area (TPSA) is 0 Å². The molecule has 9 heavy (non-hydrogen) atoms. The van der Waals surface area contributed by atoms with Gasteiger partial charge in [-0.2, -0.15) is 17.8 Å². The zero-order valence-electron chi connectivity index (χ0n) is 6.48. The van der Waals surface area contributed by atoms with Gasteiger partial charge in [0.1, 0.15) is 0 Å². The molecule has 1 saturated carbocycles. The molecule has 0 aromatic rings. The van der Waals surface area contributed by atoms with Gasteiger partial charge >= 0.3 is 37.7 Å². The molecule has 0 nitrogen and oxygen atoms in total. The third-order valence-electron chi connectivity index (χ3n) is 2.24. The molecule has 0 bridgehead atoms. The monoisotopic (exact) mass is 150 g/mol. The van der Waals surface area contributed by atoms with Crippen LogP contribution in [0.5, 0.6) is 0 Å². The summed E-state index contributed by atoms with van der Waals surface area (Å²) in [6.45, 7) is 8.58. The Morgan fingerprint density at radius 1 is 1.56 bits per heavy atom. The summed E-state index contributed by atoms with van der Waals surface area (Å²) < 4.78 is 0. The summed E-state index contributed by atoms with van der Waals surface area (Å²) in [5, 5.41) is 0. The maximum atomic E-state index is 4.06. The van der Waals surface area contributed by atoms with Gasteiger partial charge in [-0.1, -0.05) is 13.8 Å². The van der Waals surface area contributed by atoms with E-state index in [1.807, 2.05) is 0 Å². The summed E-state index contributed by atoms with van der Waals surface area (Å²) in [5.74, 6) is 0.655. The van der Waals surface area contributed by atoms with Crippen molar-refractivity contribution in [3.8, 4) is 0 Å². The van der Waals surface area contributed by atoms with Crippen LogP contribution in [0.3, 0.4) is 0 Å². The molecule has 1 rings (SSSR count). The zero-order valence-corrected chi connectivity index (χ0v) is 8.69. The fourth-order valence-corrected chi connectivity index (χ4v) is 1.20. The Morgan fingerprint density at radius 2 is 2.11 bits per heavy atom. The van der Waals surface area contributed by atoms with Crippen LogP contribution in [0.2, 0.25) is 0 Å². The first-order valence-electron chi connectivity index (χ1n) is 3.30. The summed E-state index contributed by atoms with van der Waals surface area (Å²) in [7, 11) is 0. The molecule has 1 heteroatoms. The predicted molar refractivity (Wildman–Crippen MR) is 41.9 cm³/mol. The number of hydrogen-bond acceptors (Lipinski definition) is 0. The molecule has 0 N–H and O–H groups in total. The molecule has 48 valence electrons. The van der Waals surface area contributed by atoms with E-state index in [1.165, 1.54) is 12.8 Å². The van der Waals surface area contributed by atoms with Crippen molar-refractivity contribution < 1.29 is 0 Å². The Bertz CT molecular complexity index is 86.6. The predicted octanol–water partition coefficient (Wildman–Crippen LogP) is 2.08. The molecule has 0 saturated heterocycles. The van der Waals surface area contributed by atoms with Crippen molar-refractivity contribution in [2.24, 2.45) is 11.3 Å². The normalized spacial score (nSPS) is 31.7. The van der Waals surface area contributed by atoms with Crippen molar-refractivity contribution in [3.63, 3.8) is 0 Å². The minimum absolute atomic E-state index is 0. The average molecular weight is 150 g/mol. The molecule has 0 radical (unpaired) electrons. The molecule has 1 aliphatic rings. The number of hydrogen-bond donors (Lipinski definition) is 0. The van der Waals surface area contributed by atoms with Gasteiger partial charge in [-0.25, -0.2) is 0 Å². The van der Waals surface area contributed by atoms with Crippen molar-refractivity contribution >= 4 is 37.7 Å². The average Bonchev–Trinajstić information content (AvgIpc) is 1.86. The van der Waals surface area contributed by atoms with Gasteiger partial charge in [-0.3, -0.25) is 0 Å². The van der Waals surface area contributed by atoms with Crippen LogP contribution in [0.15, 0.2) is 0 Å². The van der Waals surface area contributed by atoms with E-state index in [-0.39, 0.29) is 37.7 Å². The van der Waals surface area contributed by atoms with Gasteiger partial charge < -0.3 is 13.3 Å². The van der Waals surface area contributed by atoms with Crippen LogP contribution in [-0.4, -0.2) is 37.7 Å². The molecule has 0 spiro atoms. The molecule has 1 aliphatic carbocycles. The van der Waals surface area contributed by atoms with Crippen LogP contribution >= 0.6 is 0 Å². The third kappa shape index (κ3) is 2.40. The molecular formula is C8H14Ca. The molecule has 0 heterocycles. The molecule has 0 aliphatic heterocycles. The minimum atomic E-state index is 0. The van der Waals surface area contributed by atoms with Crippen molar-refractivity contribution in [2.45, 2.75) is 26.7 Å². The van der Waals surface area contributed by atoms with E-state index < -0.39 is 0 Å². The summed E-state index contributed by atoms with van der Waals surface area (Å²) in [6.07, 6.45) is 4.93. The van der Waals surface area contributed by atoms with E-state index in [4.69, 9.17) is 0 Å².